The van der Waals surface area contributed by atoms with E-state index in [2.05, 4.69) is 20.3 Å². The van der Waals surface area contributed by atoms with E-state index in [9.17, 15) is 21.6 Å². The van der Waals surface area contributed by atoms with Crippen LogP contribution in [0.25, 0.3) is 22.2 Å². The van der Waals surface area contributed by atoms with Gasteiger partial charge in [-0.15, -0.1) is 0 Å². The molecule has 0 aliphatic heterocycles. The summed E-state index contributed by atoms with van der Waals surface area (Å²) >= 11 is 0. The van der Waals surface area contributed by atoms with E-state index in [0.717, 1.165) is 6.07 Å². The van der Waals surface area contributed by atoms with E-state index in [1.807, 2.05) is 0 Å². The van der Waals surface area contributed by atoms with Crippen molar-refractivity contribution < 1.29 is 21.6 Å². The lowest BCUT2D eigenvalue weighted by Crippen LogP contribution is -2.15. The lowest BCUT2D eigenvalue weighted by Gasteiger charge is -2.13. The number of aromatic nitrogens is 4. The van der Waals surface area contributed by atoms with Crippen LogP contribution in [0.1, 0.15) is 17.0 Å². The quantitative estimate of drug-likeness (QED) is 0.299. The molecule has 7 nitrogen and oxygen atoms in total. The predicted octanol–water partition coefficient (Wildman–Crippen LogP) is 6.11. The first-order valence-corrected chi connectivity index (χ1v) is 12.5. The van der Waals surface area contributed by atoms with E-state index in [-0.39, 0.29) is 16.2 Å². The molecule has 0 saturated carbocycles. The second-order valence-electron chi connectivity index (χ2n) is 8.39. The summed E-state index contributed by atoms with van der Waals surface area (Å²) < 4.78 is 67.8. The highest BCUT2D eigenvalue weighted by Gasteiger charge is 2.34. The minimum Gasteiger partial charge on any atom is -0.340 e. The number of rotatable bonds is 5. The number of halogens is 3. The first-order valence-electron chi connectivity index (χ1n) is 11.1. The van der Waals surface area contributed by atoms with E-state index in [0.29, 0.717) is 33.8 Å². The average molecular weight is 524 g/mol. The molecule has 0 radical (unpaired) electrons. The zero-order valence-corrected chi connectivity index (χ0v) is 20.5. The molecule has 0 aliphatic rings. The van der Waals surface area contributed by atoms with Crippen LogP contribution in [-0.4, -0.2) is 27.3 Å². The molecule has 0 spiro atoms. The second kappa shape index (κ2) is 9.00. The smallest absolute Gasteiger partial charge is 0.340 e. The van der Waals surface area contributed by atoms with E-state index in [4.69, 9.17) is 0 Å². The fraction of sp³-hybridized carbons (Fsp3) is 0.115. The van der Waals surface area contributed by atoms with Crippen molar-refractivity contribution in [3.63, 3.8) is 0 Å². The maximum absolute atomic E-state index is 13.5. The van der Waals surface area contributed by atoms with Crippen molar-refractivity contribution in [2.24, 2.45) is 0 Å². The topological polar surface area (TPSA) is 89.8 Å². The molecular formula is C26H20F3N5O2S. The van der Waals surface area contributed by atoms with E-state index >= 15 is 0 Å². The van der Waals surface area contributed by atoms with Gasteiger partial charge in [-0.25, -0.2) is 22.4 Å². The molecule has 0 atom stereocenters. The van der Waals surface area contributed by atoms with Gasteiger partial charge in [0.1, 0.15) is 12.1 Å². The van der Waals surface area contributed by atoms with Gasteiger partial charge in [-0.2, -0.15) is 13.2 Å². The predicted molar refractivity (Wildman–Crippen MR) is 134 cm³/mol. The van der Waals surface area contributed by atoms with E-state index < -0.39 is 21.8 Å². The first-order chi connectivity index (χ1) is 17.6. The summed E-state index contributed by atoms with van der Waals surface area (Å²) in [7, 11) is -3.75. The number of nitrogens with one attached hydrogen (secondary N) is 1. The molecule has 11 heteroatoms. The second-order valence-corrected chi connectivity index (χ2v) is 10.2. The summed E-state index contributed by atoms with van der Waals surface area (Å²) in [4.78, 5) is 12.5. The fourth-order valence-corrected chi connectivity index (χ4v) is 5.73. The highest BCUT2D eigenvalue weighted by molar-refractivity contribution is 7.90. The SMILES string of the molecule is Cc1ccc(C)n1S(=O)(=O)c1ccc(Nc2ncnc3cc(-c4ncccc4C(F)(F)F)ccc23)cc1. The fourth-order valence-electron chi connectivity index (χ4n) is 4.15. The number of benzene rings is 2. The molecule has 3 aromatic heterocycles. The summed E-state index contributed by atoms with van der Waals surface area (Å²) in [5.74, 6) is 0.418. The maximum Gasteiger partial charge on any atom is 0.418 e. The maximum atomic E-state index is 13.5. The van der Waals surface area contributed by atoms with Crippen molar-refractivity contribution in [3.05, 3.63) is 96.2 Å². The summed E-state index contributed by atoms with van der Waals surface area (Å²) in [5, 5.41) is 3.70. The molecule has 0 bridgehead atoms. The van der Waals surface area contributed by atoms with Gasteiger partial charge in [0.2, 0.25) is 0 Å². The van der Waals surface area contributed by atoms with Gasteiger partial charge in [-0.05, 0) is 74.5 Å². The van der Waals surface area contributed by atoms with Gasteiger partial charge >= 0.3 is 6.18 Å². The van der Waals surface area contributed by atoms with E-state index in [1.165, 1.54) is 46.8 Å². The number of hydrogen-bond acceptors (Lipinski definition) is 6. The highest BCUT2D eigenvalue weighted by atomic mass is 32.2. The third-order valence-corrected chi connectivity index (χ3v) is 7.81. The number of pyridine rings is 1. The molecule has 5 aromatic rings. The summed E-state index contributed by atoms with van der Waals surface area (Å²) in [5.41, 5.74) is 1.48. The van der Waals surface area contributed by atoms with Crippen LogP contribution in [0.5, 0.6) is 0 Å². The highest BCUT2D eigenvalue weighted by Crippen LogP contribution is 2.37. The zero-order valence-electron chi connectivity index (χ0n) is 19.7. The Hall–Kier alpha value is -4.25. The van der Waals surface area contributed by atoms with Crippen LogP contribution in [0.15, 0.2) is 84.1 Å². The van der Waals surface area contributed by atoms with Gasteiger partial charge < -0.3 is 5.32 Å². The van der Waals surface area contributed by atoms with Crippen molar-refractivity contribution in [1.82, 2.24) is 18.9 Å². The van der Waals surface area contributed by atoms with Gasteiger partial charge in [-0.1, -0.05) is 6.07 Å². The monoisotopic (exact) mass is 523 g/mol. The number of aryl methyl sites for hydroxylation is 2. The van der Waals surface area contributed by atoms with Gasteiger partial charge in [0.25, 0.3) is 10.0 Å². The Morgan fingerprint density at radius 1 is 0.865 bits per heavy atom. The van der Waals surface area contributed by atoms with Crippen LogP contribution in [0.3, 0.4) is 0 Å². The van der Waals surface area contributed by atoms with Crippen LogP contribution >= 0.6 is 0 Å². The van der Waals surface area contributed by atoms with Gasteiger partial charge in [0.15, 0.2) is 0 Å². The number of hydrogen-bond donors (Lipinski definition) is 1. The standard InChI is InChI=1S/C26H20F3N5O2S/c1-16-5-6-17(2)34(16)37(35,36)20-10-8-19(9-11-20)33-25-21-12-7-18(14-23(21)31-15-32-25)24-22(26(27,28)29)4-3-13-30-24/h3-15H,1-2H3,(H,31,32,33). The van der Waals surface area contributed by atoms with Gasteiger partial charge in [0.05, 0.1) is 21.7 Å². The van der Waals surface area contributed by atoms with Crippen LogP contribution in [-0.2, 0) is 16.2 Å². The van der Waals surface area contributed by atoms with Gasteiger partial charge in [-0.3, -0.25) is 4.98 Å². The van der Waals surface area contributed by atoms with Crippen LogP contribution in [0.4, 0.5) is 24.7 Å². The van der Waals surface area contributed by atoms with Gasteiger partial charge in [0, 0.05) is 34.2 Å². The molecule has 0 amide bonds. The average Bonchev–Trinajstić information content (AvgIpc) is 3.22. The molecule has 0 unspecified atom stereocenters. The number of nitrogens with zero attached hydrogens (tertiary/aromatic N) is 4. The molecule has 37 heavy (non-hydrogen) atoms. The minimum atomic E-state index is -4.55. The third-order valence-electron chi connectivity index (χ3n) is 5.88. The van der Waals surface area contributed by atoms with Crippen LogP contribution in [0, 0.1) is 13.8 Å². The molecule has 2 aromatic carbocycles. The Morgan fingerprint density at radius 3 is 2.24 bits per heavy atom. The Bertz CT molecular complexity index is 1710. The Balaban J connectivity index is 1.46. The molecule has 0 fully saturated rings. The van der Waals surface area contributed by atoms with Crippen molar-refractivity contribution in [2.45, 2.75) is 24.9 Å². The molecule has 0 aliphatic carbocycles. The summed E-state index contributed by atoms with van der Waals surface area (Å²) in [6.07, 6.45) is -1.94. The van der Waals surface area contributed by atoms with Crippen molar-refractivity contribution in [3.8, 4) is 11.3 Å². The van der Waals surface area contributed by atoms with E-state index in [1.54, 1.807) is 44.2 Å². The normalized spacial score (nSPS) is 12.1. The first kappa shape index (κ1) is 24.4. The van der Waals surface area contributed by atoms with Crippen molar-refractivity contribution in [2.75, 3.05) is 5.32 Å². The molecule has 188 valence electrons. The Morgan fingerprint density at radius 2 is 1.57 bits per heavy atom. The number of alkyl halides is 3. The lowest BCUT2D eigenvalue weighted by atomic mass is 10.0. The third kappa shape index (κ3) is 4.53. The number of fused-ring (bicyclic) bond motifs is 1. The van der Waals surface area contributed by atoms with Crippen LogP contribution in [0.2, 0.25) is 0 Å². The Labute approximate surface area is 210 Å². The zero-order chi connectivity index (χ0) is 26.4. The summed E-state index contributed by atoms with van der Waals surface area (Å²) in [6, 6.07) is 16.6. The minimum absolute atomic E-state index is 0.133. The largest absolute Gasteiger partial charge is 0.418 e. The Kier molecular flexibility index (Phi) is 5.95. The van der Waals surface area contributed by atoms with Crippen molar-refractivity contribution in [1.29, 1.82) is 0 Å². The number of anilines is 2. The summed E-state index contributed by atoms with van der Waals surface area (Å²) in [6.45, 7) is 3.45. The molecule has 0 saturated heterocycles. The molecule has 1 N–H and O–H groups in total. The molecule has 3 heterocycles. The van der Waals surface area contributed by atoms with Crippen LogP contribution < -0.4 is 5.32 Å². The molecular weight excluding hydrogens is 503 g/mol. The lowest BCUT2D eigenvalue weighted by molar-refractivity contribution is -0.137. The molecule has 5 rings (SSSR count). The van der Waals surface area contributed by atoms with Crippen molar-refractivity contribution >= 4 is 32.4 Å².